The van der Waals surface area contributed by atoms with Crippen molar-refractivity contribution in [2.24, 2.45) is 5.92 Å². The summed E-state index contributed by atoms with van der Waals surface area (Å²) in [6.07, 6.45) is 7.18. The van der Waals surface area contributed by atoms with Crippen molar-refractivity contribution in [3.63, 3.8) is 0 Å². The van der Waals surface area contributed by atoms with Gasteiger partial charge >= 0.3 is 6.03 Å². The van der Waals surface area contributed by atoms with Crippen LogP contribution in [-0.4, -0.2) is 44.4 Å². The maximum Gasteiger partial charge on any atom is 0.333 e. The fourth-order valence-electron chi connectivity index (χ4n) is 5.01. The maximum absolute atomic E-state index is 12.9. The zero-order chi connectivity index (χ0) is 21.6. The summed E-state index contributed by atoms with van der Waals surface area (Å²) >= 11 is 0. The van der Waals surface area contributed by atoms with Gasteiger partial charge in [-0.25, -0.2) is 22.6 Å². The number of amides is 2. The zero-order valence-corrected chi connectivity index (χ0v) is 18.3. The molecular weight excluding hydrogens is 418 g/mol. The summed E-state index contributed by atoms with van der Waals surface area (Å²) in [7, 11) is -2.27. The first-order chi connectivity index (χ1) is 15.0. The number of ether oxygens (including phenoxy) is 1. The molecule has 9 nitrogen and oxygen atoms in total. The van der Waals surface area contributed by atoms with Gasteiger partial charge in [-0.1, -0.05) is 6.07 Å². The molecule has 5 rings (SSSR count). The first-order valence-electron chi connectivity index (χ1n) is 10.8. The second-order valence-corrected chi connectivity index (χ2v) is 10.2. The minimum absolute atomic E-state index is 0.117. The number of anilines is 1. The van der Waals surface area contributed by atoms with Gasteiger partial charge in [-0.05, 0) is 67.8 Å². The van der Waals surface area contributed by atoms with Crippen molar-refractivity contribution < 1.29 is 17.9 Å². The number of nitrogens with one attached hydrogen (secondary N) is 3. The van der Waals surface area contributed by atoms with Crippen LogP contribution in [0.4, 0.5) is 10.5 Å². The van der Waals surface area contributed by atoms with Crippen LogP contribution in [0.15, 0.2) is 17.2 Å². The number of hydrogen-bond acceptors (Lipinski definition) is 6. The highest BCUT2D eigenvalue weighted by Gasteiger charge is 2.32. The standard InChI is InChI=1S/C21H27N5O4S/c1-22-9-13-11-26-20(30-12-13)18(10-23-26)31(28,29)25-21(27)24-19-16-6-2-4-14(16)8-15-5-3-7-17(15)19/h8,10,13,22H,2-7,9,11-12H2,1H3,(H2,24,25,27). The third-order valence-electron chi connectivity index (χ3n) is 6.37. The molecule has 1 aliphatic heterocycles. The van der Waals surface area contributed by atoms with Gasteiger partial charge in [0.15, 0.2) is 4.90 Å². The summed E-state index contributed by atoms with van der Waals surface area (Å²) in [6.45, 7) is 1.69. The van der Waals surface area contributed by atoms with E-state index >= 15 is 0 Å². The van der Waals surface area contributed by atoms with E-state index in [-0.39, 0.29) is 16.7 Å². The number of urea groups is 1. The molecule has 0 saturated heterocycles. The Labute approximate surface area is 181 Å². The summed E-state index contributed by atoms with van der Waals surface area (Å²) in [5.41, 5.74) is 5.64. The average molecular weight is 446 g/mol. The number of hydrogen-bond donors (Lipinski definition) is 3. The van der Waals surface area contributed by atoms with E-state index in [9.17, 15) is 13.2 Å². The van der Waals surface area contributed by atoms with Gasteiger partial charge in [-0.2, -0.15) is 5.10 Å². The molecule has 0 fully saturated rings. The highest BCUT2D eigenvalue weighted by Crippen LogP contribution is 2.38. The number of carbonyl (C=O) groups is 1. The molecular formula is C21H27N5O4S. The number of sulfonamides is 1. The molecule has 1 atom stereocenters. The molecule has 0 spiro atoms. The molecule has 3 aliphatic rings. The summed E-state index contributed by atoms with van der Waals surface area (Å²) in [4.78, 5) is 12.6. The lowest BCUT2D eigenvalue weighted by molar-refractivity contribution is 0.159. The van der Waals surface area contributed by atoms with Crippen molar-refractivity contribution in [1.82, 2.24) is 19.8 Å². The first-order valence-corrected chi connectivity index (χ1v) is 12.3. The highest BCUT2D eigenvalue weighted by atomic mass is 32.2. The summed E-state index contributed by atoms with van der Waals surface area (Å²) in [5.74, 6) is 0.376. The number of nitrogens with zero attached hydrogens (tertiary/aromatic N) is 2. The van der Waals surface area contributed by atoms with E-state index in [4.69, 9.17) is 4.74 Å². The molecule has 0 radical (unpaired) electrons. The lowest BCUT2D eigenvalue weighted by atomic mass is 9.99. The topological polar surface area (TPSA) is 114 Å². The molecule has 2 aromatic rings. The molecule has 2 heterocycles. The lowest BCUT2D eigenvalue weighted by Gasteiger charge is -2.24. The SMILES string of the molecule is CNCC1COc2c(S(=O)(=O)NC(=O)Nc3c4c(cc5c3CCC5)CCC4)cnn2C1. The average Bonchev–Trinajstić information content (AvgIpc) is 3.46. The van der Waals surface area contributed by atoms with Crippen molar-refractivity contribution in [1.29, 1.82) is 0 Å². The van der Waals surface area contributed by atoms with Gasteiger partial charge in [-0.3, -0.25) is 0 Å². The number of rotatable bonds is 5. The number of fused-ring (bicyclic) bond motifs is 3. The molecule has 1 aromatic heterocycles. The van der Waals surface area contributed by atoms with Crippen LogP contribution in [0.3, 0.4) is 0 Å². The summed E-state index contributed by atoms with van der Waals surface area (Å²) in [6, 6.07) is 1.51. The first kappa shape index (κ1) is 20.3. The zero-order valence-electron chi connectivity index (χ0n) is 17.5. The van der Waals surface area contributed by atoms with Crippen LogP contribution >= 0.6 is 0 Å². The van der Waals surface area contributed by atoms with Crippen molar-refractivity contribution in [3.8, 4) is 5.88 Å². The largest absolute Gasteiger partial charge is 0.476 e. The summed E-state index contributed by atoms with van der Waals surface area (Å²) in [5, 5.41) is 10.1. The van der Waals surface area contributed by atoms with E-state index in [1.807, 2.05) is 7.05 Å². The van der Waals surface area contributed by atoms with E-state index in [1.165, 1.54) is 22.0 Å². The van der Waals surface area contributed by atoms with E-state index in [0.717, 1.165) is 61.9 Å². The van der Waals surface area contributed by atoms with Gasteiger partial charge < -0.3 is 15.4 Å². The Kier molecular flexibility index (Phi) is 5.13. The van der Waals surface area contributed by atoms with Crippen molar-refractivity contribution in [2.75, 3.05) is 25.5 Å². The quantitative estimate of drug-likeness (QED) is 0.644. The molecule has 0 saturated carbocycles. The van der Waals surface area contributed by atoms with E-state index in [1.54, 1.807) is 0 Å². The third kappa shape index (κ3) is 3.67. The molecule has 166 valence electrons. The van der Waals surface area contributed by atoms with Gasteiger partial charge in [0.2, 0.25) is 5.88 Å². The maximum atomic E-state index is 12.9. The van der Waals surface area contributed by atoms with Gasteiger partial charge in [-0.15, -0.1) is 0 Å². The van der Waals surface area contributed by atoms with Crippen LogP contribution in [0.1, 0.15) is 35.1 Å². The predicted molar refractivity (Wildman–Crippen MR) is 115 cm³/mol. The number of aromatic nitrogens is 2. The van der Waals surface area contributed by atoms with Crippen molar-refractivity contribution in [2.45, 2.75) is 50.0 Å². The Morgan fingerprint density at radius 1 is 1.19 bits per heavy atom. The molecule has 2 aliphatic carbocycles. The van der Waals surface area contributed by atoms with Crippen LogP contribution in [0.5, 0.6) is 5.88 Å². The fraction of sp³-hybridized carbons (Fsp3) is 0.524. The Hall–Kier alpha value is -2.59. The van der Waals surface area contributed by atoms with Gasteiger partial charge in [0.05, 0.1) is 19.3 Å². The Balaban J connectivity index is 1.36. The molecule has 0 bridgehead atoms. The van der Waals surface area contributed by atoms with Crippen LogP contribution in [-0.2, 0) is 42.3 Å². The minimum Gasteiger partial charge on any atom is -0.476 e. The molecule has 10 heteroatoms. The predicted octanol–water partition coefficient (Wildman–Crippen LogP) is 1.60. The fourth-order valence-corrected chi connectivity index (χ4v) is 5.99. The van der Waals surface area contributed by atoms with E-state index < -0.39 is 16.1 Å². The monoisotopic (exact) mass is 445 g/mol. The second-order valence-electron chi connectivity index (χ2n) is 8.52. The smallest absolute Gasteiger partial charge is 0.333 e. The van der Waals surface area contributed by atoms with Crippen LogP contribution in [0.25, 0.3) is 0 Å². The Morgan fingerprint density at radius 2 is 1.90 bits per heavy atom. The molecule has 3 N–H and O–H groups in total. The van der Waals surface area contributed by atoms with Gasteiger partial charge in [0, 0.05) is 18.2 Å². The lowest BCUT2D eigenvalue weighted by Crippen LogP contribution is -2.36. The van der Waals surface area contributed by atoms with E-state index in [2.05, 4.69) is 26.5 Å². The Bertz CT molecular complexity index is 1110. The van der Waals surface area contributed by atoms with Crippen LogP contribution < -0.4 is 20.1 Å². The summed E-state index contributed by atoms with van der Waals surface area (Å²) < 4.78 is 35.2. The van der Waals surface area contributed by atoms with Crippen LogP contribution in [0.2, 0.25) is 0 Å². The molecule has 31 heavy (non-hydrogen) atoms. The normalized spacial score (nSPS) is 19.3. The van der Waals surface area contributed by atoms with Crippen molar-refractivity contribution >= 4 is 21.7 Å². The minimum atomic E-state index is -4.12. The van der Waals surface area contributed by atoms with Gasteiger partial charge in [0.1, 0.15) is 0 Å². The van der Waals surface area contributed by atoms with Crippen LogP contribution in [0, 0.1) is 5.92 Å². The molecule has 2 amide bonds. The third-order valence-corrected chi connectivity index (χ3v) is 7.68. The molecule has 1 unspecified atom stereocenters. The molecule has 1 aromatic carbocycles. The van der Waals surface area contributed by atoms with Crippen molar-refractivity contribution in [3.05, 3.63) is 34.5 Å². The number of benzene rings is 1. The highest BCUT2D eigenvalue weighted by molar-refractivity contribution is 7.90. The second kappa shape index (κ2) is 7.83. The number of aryl methyl sites for hydroxylation is 2. The number of carbonyl (C=O) groups excluding carboxylic acids is 1. The Morgan fingerprint density at radius 3 is 2.58 bits per heavy atom. The van der Waals surface area contributed by atoms with E-state index in [0.29, 0.717) is 13.2 Å². The van der Waals surface area contributed by atoms with Gasteiger partial charge in [0.25, 0.3) is 10.0 Å².